The number of aromatic nitrogens is 3. The average Bonchev–Trinajstić information content (AvgIpc) is 3.14. The van der Waals surface area contributed by atoms with Crippen LogP contribution in [0.25, 0.3) is 0 Å². The van der Waals surface area contributed by atoms with E-state index < -0.39 is 0 Å². The number of likely N-dealkylation sites (tertiary alicyclic amines) is 1. The molecule has 6 heteroatoms. The summed E-state index contributed by atoms with van der Waals surface area (Å²) >= 11 is 1.62. The van der Waals surface area contributed by atoms with Crippen LogP contribution in [0.15, 0.2) is 17.6 Å². The average molecular weight is 318 g/mol. The van der Waals surface area contributed by atoms with Crippen LogP contribution in [0.4, 0.5) is 0 Å². The maximum atomic E-state index is 12.4. The lowest BCUT2D eigenvalue weighted by molar-refractivity contribution is -0.132. The van der Waals surface area contributed by atoms with Crippen LogP contribution < -0.4 is 0 Å². The predicted molar refractivity (Wildman–Crippen MR) is 87.0 cm³/mol. The van der Waals surface area contributed by atoms with Crippen molar-refractivity contribution in [2.45, 2.75) is 45.6 Å². The fourth-order valence-electron chi connectivity index (χ4n) is 3.15. The molecule has 1 saturated heterocycles. The number of nitrogens with zero attached hydrogens (tertiary/aromatic N) is 4. The topological polar surface area (TPSA) is 51.0 Å². The van der Waals surface area contributed by atoms with Crippen LogP contribution in [0.3, 0.4) is 0 Å². The smallest absolute Gasteiger partial charge is 0.223 e. The van der Waals surface area contributed by atoms with Crippen molar-refractivity contribution >= 4 is 17.2 Å². The number of thiazole rings is 1. The van der Waals surface area contributed by atoms with Crippen LogP contribution in [0, 0.1) is 13.8 Å². The number of piperidine rings is 1. The van der Waals surface area contributed by atoms with Gasteiger partial charge in [-0.1, -0.05) is 0 Å². The van der Waals surface area contributed by atoms with Crippen molar-refractivity contribution in [3.05, 3.63) is 34.0 Å². The quantitative estimate of drug-likeness (QED) is 0.871. The van der Waals surface area contributed by atoms with Crippen LogP contribution in [-0.4, -0.2) is 38.7 Å². The van der Waals surface area contributed by atoms with Gasteiger partial charge in [0.05, 0.1) is 16.7 Å². The highest BCUT2D eigenvalue weighted by Crippen LogP contribution is 2.23. The highest BCUT2D eigenvalue weighted by atomic mass is 32.1. The third kappa shape index (κ3) is 3.38. The molecule has 1 atom stereocenters. The molecule has 0 N–H and O–H groups in total. The summed E-state index contributed by atoms with van der Waals surface area (Å²) in [5.74, 6) is 0.237. The molecule has 1 amide bonds. The van der Waals surface area contributed by atoms with E-state index in [9.17, 15) is 4.79 Å². The van der Waals surface area contributed by atoms with Crippen molar-refractivity contribution in [1.29, 1.82) is 0 Å². The molecule has 1 unspecified atom stereocenters. The highest BCUT2D eigenvalue weighted by molar-refractivity contribution is 7.09. The van der Waals surface area contributed by atoms with Crippen LogP contribution >= 0.6 is 11.3 Å². The maximum Gasteiger partial charge on any atom is 0.223 e. The monoisotopic (exact) mass is 318 g/mol. The van der Waals surface area contributed by atoms with Gasteiger partial charge >= 0.3 is 0 Å². The van der Waals surface area contributed by atoms with Gasteiger partial charge in [0.15, 0.2) is 0 Å². The Labute approximate surface area is 135 Å². The second-order valence-electron chi connectivity index (χ2n) is 5.93. The van der Waals surface area contributed by atoms with Gasteiger partial charge in [-0.05, 0) is 32.8 Å². The highest BCUT2D eigenvalue weighted by Gasteiger charge is 2.26. The SMILES string of the molecule is Cc1cc(C)n(C2CCCN(C(=O)CCc3nccs3)C2)n1. The van der Waals surface area contributed by atoms with Crippen molar-refractivity contribution in [3.8, 4) is 0 Å². The summed E-state index contributed by atoms with van der Waals surface area (Å²) in [7, 11) is 0. The Kier molecular flexibility index (Phi) is 4.57. The third-order valence-corrected chi connectivity index (χ3v) is 5.02. The zero-order valence-electron chi connectivity index (χ0n) is 13.2. The number of hydrogen-bond acceptors (Lipinski definition) is 4. The normalized spacial score (nSPS) is 18.6. The Balaban J connectivity index is 1.60. The maximum absolute atomic E-state index is 12.4. The minimum Gasteiger partial charge on any atom is -0.341 e. The molecule has 0 aliphatic carbocycles. The van der Waals surface area contributed by atoms with Crippen LogP contribution in [0.1, 0.15) is 41.7 Å². The van der Waals surface area contributed by atoms with Gasteiger partial charge in [0, 0.05) is 43.2 Å². The fourth-order valence-corrected chi connectivity index (χ4v) is 3.77. The number of carbonyl (C=O) groups is 1. The second-order valence-corrected chi connectivity index (χ2v) is 6.91. The first-order valence-electron chi connectivity index (χ1n) is 7.82. The standard InChI is InChI=1S/C16H22N4OS/c1-12-10-13(2)20(18-12)14-4-3-8-19(11-14)16(21)6-5-15-17-7-9-22-15/h7,9-10,14H,3-6,8,11H2,1-2H3. The van der Waals surface area contributed by atoms with E-state index in [0.717, 1.165) is 43.1 Å². The Morgan fingerprint density at radius 3 is 3.00 bits per heavy atom. The lowest BCUT2D eigenvalue weighted by atomic mass is 10.0. The molecule has 2 aromatic rings. The molecule has 0 aromatic carbocycles. The number of amides is 1. The molecule has 5 nitrogen and oxygen atoms in total. The zero-order chi connectivity index (χ0) is 15.5. The summed E-state index contributed by atoms with van der Waals surface area (Å²) < 4.78 is 2.09. The summed E-state index contributed by atoms with van der Waals surface area (Å²) in [6, 6.07) is 2.41. The van der Waals surface area contributed by atoms with E-state index in [4.69, 9.17) is 0 Å². The number of rotatable bonds is 4. The van der Waals surface area contributed by atoms with Crippen molar-refractivity contribution in [1.82, 2.24) is 19.7 Å². The first kappa shape index (κ1) is 15.2. The Hall–Kier alpha value is -1.69. The van der Waals surface area contributed by atoms with Crippen molar-refractivity contribution in [2.75, 3.05) is 13.1 Å². The molecular weight excluding hydrogens is 296 g/mol. The molecular formula is C16H22N4OS. The molecule has 0 bridgehead atoms. The van der Waals surface area contributed by atoms with E-state index in [-0.39, 0.29) is 5.91 Å². The Morgan fingerprint density at radius 1 is 1.45 bits per heavy atom. The van der Waals surface area contributed by atoms with Crippen LogP contribution in [0.2, 0.25) is 0 Å². The second kappa shape index (κ2) is 6.60. The molecule has 1 aliphatic rings. The van der Waals surface area contributed by atoms with E-state index in [2.05, 4.69) is 27.8 Å². The number of aryl methyl sites for hydroxylation is 3. The summed E-state index contributed by atoms with van der Waals surface area (Å²) in [5, 5.41) is 7.58. The first-order valence-corrected chi connectivity index (χ1v) is 8.70. The van der Waals surface area contributed by atoms with Gasteiger partial charge in [0.25, 0.3) is 0 Å². The zero-order valence-corrected chi connectivity index (χ0v) is 14.0. The molecule has 118 valence electrons. The molecule has 2 aromatic heterocycles. The van der Waals surface area contributed by atoms with E-state index in [0.29, 0.717) is 12.5 Å². The van der Waals surface area contributed by atoms with E-state index in [1.807, 2.05) is 17.2 Å². The lowest BCUT2D eigenvalue weighted by Crippen LogP contribution is -2.41. The minimum atomic E-state index is 0.237. The molecule has 3 rings (SSSR count). The Morgan fingerprint density at radius 2 is 2.32 bits per heavy atom. The number of carbonyl (C=O) groups excluding carboxylic acids is 1. The van der Waals surface area contributed by atoms with Crippen molar-refractivity contribution < 1.29 is 4.79 Å². The van der Waals surface area contributed by atoms with Gasteiger partial charge in [-0.15, -0.1) is 11.3 Å². The molecule has 0 radical (unpaired) electrons. The molecule has 1 aliphatic heterocycles. The third-order valence-electron chi connectivity index (χ3n) is 4.18. The molecule has 0 saturated carbocycles. The van der Waals surface area contributed by atoms with Crippen molar-refractivity contribution in [3.63, 3.8) is 0 Å². The van der Waals surface area contributed by atoms with Gasteiger partial charge in [-0.25, -0.2) is 4.98 Å². The summed E-state index contributed by atoms with van der Waals surface area (Å²) in [6.07, 6.45) is 5.24. The van der Waals surface area contributed by atoms with Gasteiger partial charge in [-0.3, -0.25) is 9.48 Å². The van der Waals surface area contributed by atoms with Gasteiger partial charge in [-0.2, -0.15) is 5.10 Å². The Bertz CT molecular complexity index is 635. The van der Waals surface area contributed by atoms with Gasteiger partial charge in [0.2, 0.25) is 5.91 Å². The van der Waals surface area contributed by atoms with E-state index in [1.54, 1.807) is 17.5 Å². The van der Waals surface area contributed by atoms with Crippen LogP contribution in [-0.2, 0) is 11.2 Å². The minimum absolute atomic E-state index is 0.237. The summed E-state index contributed by atoms with van der Waals surface area (Å²) in [4.78, 5) is 18.7. The van der Waals surface area contributed by atoms with Gasteiger partial charge in [0.1, 0.15) is 0 Å². The van der Waals surface area contributed by atoms with E-state index in [1.165, 1.54) is 5.69 Å². The number of hydrogen-bond donors (Lipinski definition) is 0. The fraction of sp³-hybridized carbons (Fsp3) is 0.562. The molecule has 3 heterocycles. The molecule has 0 spiro atoms. The van der Waals surface area contributed by atoms with Gasteiger partial charge < -0.3 is 4.90 Å². The van der Waals surface area contributed by atoms with E-state index >= 15 is 0 Å². The molecule has 22 heavy (non-hydrogen) atoms. The summed E-state index contributed by atoms with van der Waals surface area (Å²) in [5.41, 5.74) is 2.23. The largest absolute Gasteiger partial charge is 0.341 e. The predicted octanol–water partition coefficient (Wildman–Crippen LogP) is 2.75. The van der Waals surface area contributed by atoms with Crippen LogP contribution in [0.5, 0.6) is 0 Å². The van der Waals surface area contributed by atoms with Crippen molar-refractivity contribution in [2.24, 2.45) is 0 Å². The molecule has 1 fully saturated rings. The first-order chi connectivity index (χ1) is 10.6. The lowest BCUT2D eigenvalue weighted by Gasteiger charge is -2.33. The summed E-state index contributed by atoms with van der Waals surface area (Å²) in [6.45, 7) is 5.75.